The maximum absolute atomic E-state index is 13.2. The van der Waals surface area contributed by atoms with Crippen molar-refractivity contribution in [2.45, 2.75) is 90.8 Å². The Labute approximate surface area is 274 Å². The molecule has 0 aliphatic carbocycles. The van der Waals surface area contributed by atoms with Crippen molar-refractivity contribution in [3.05, 3.63) is 29.8 Å². The number of anilines is 1. The smallest absolute Gasteiger partial charge is 0.303 e. The molecule has 1 rings (SSSR count). The van der Waals surface area contributed by atoms with E-state index in [0.29, 0.717) is 17.7 Å². The van der Waals surface area contributed by atoms with Crippen LogP contribution in [0.5, 0.6) is 0 Å². The number of Topliss-reactive ketones (excluding diaryl/α,β-unsaturated/α-hetero) is 2. The summed E-state index contributed by atoms with van der Waals surface area (Å²) in [4.78, 5) is 96.9. The van der Waals surface area contributed by atoms with Gasteiger partial charge in [-0.2, -0.15) is 0 Å². The monoisotopic (exact) mass is 663 g/mol. The van der Waals surface area contributed by atoms with Gasteiger partial charge in [0, 0.05) is 49.8 Å². The number of ketones is 2. The number of rotatable bonds is 23. The molecule has 47 heavy (non-hydrogen) atoms. The van der Waals surface area contributed by atoms with Gasteiger partial charge in [-0.05, 0) is 49.8 Å². The number of hydrogen-bond acceptors (Lipinski definition) is 10. The van der Waals surface area contributed by atoms with Gasteiger partial charge in [-0.3, -0.25) is 38.4 Å². The summed E-state index contributed by atoms with van der Waals surface area (Å²) in [5.74, 6) is -6.63. The zero-order valence-electron chi connectivity index (χ0n) is 27.9. The van der Waals surface area contributed by atoms with Crippen LogP contribution in [0.15, 0.2) is 24.3 Å². The van der Waals surface area contributed by atoms with E-state index in [9.17, 15) is 43.5 Å². The van der Waals surface area contributed by atoms with Crippen LogP contribution in [0.25, 0.3) is 0 Å². The first-order valence-electron chi connectivity index (χ1n) is 15.8. The molecule has 1 unspecified atom stereocenters. The molecule has 15 heteroatoms. The summed E-state index contributed by atoms with van der Waals surface area (Å²) in [6, 6.07) is 4.08. The summed E-state index contributed by atoms with van der Waals surface area (Å²) in [5.41, 5.74) is 6.55. The molecule has 0 spiro atoms. The topological polar surface area (TPSA) is 248 Å². The van der Waals surface area contributed by atoms with Crippen molar-refractivity contribution in [2.24, 2.45) is 23.5 Å². The molecule has 1 aromatic rings. The van der Waals surface area contributed by atoms with Gasteiger partial charge in [0.05, 0.1) is 18.5 Å². The van der Waals surface area contributed by atoms with Gasteiger partial charge >= 0.3 is 11.9 Å². The Morgan fingerprint density at radius 2 is 1.47 bits per heavy atom. The van der Waals surface area contributed by atoms with Crippen molar-refractivity contribution in [2.75, 3.05) is 11.9 Å². The molecule has 0 bridgehead atoms. The minimum absolute atomic E-state index is 0.0498. The van der Waals surface area contributed by atoms with Crippen LogP contribution < -0.4 is 21.7 Å². The van der Waals surface area contributed by atoms with E-state index in [1.165, 1.54) is 19.1 Å². The zero-order chi connectivity index (χ0) is 36.4. The van der Waals surface area contributed by atoms with E-state index >= 15 is 0 Å². The highest BCUT2D eigenvalue weighted by atomic mass is 16.5. The van der Waals surface area contributed by atoms with E-state index in [4.69, 9.17) is 12.2 Å². The number of amides is 3. The van der Waals surface area contributed by atoms with Crippen molar-refractivity contribution in [3.63, 3.8) is 0 Å². The Morgan fingerprint density at radius 1 is 0.851 bits per heavy atom. The second-order valence-electron chi connectivity index (χ2n) is 11.7. The minimum Gasteiger partial charge on any atom is -0.481 e. The fraction of sp³-hybridized carbons (Fsp3) is 0.562. The lowest BCUT2D eigenvalue weighted by Crippen LogP contribution is -2.46. The predicted molar refractivity (Wildman–Crippen MR) is 169 cm³/mol. The van der Waals surface area contributed by atoms with E-state index in [2.05, 4.69) is 20.7 Å². The minimum atomic E-state index is -1.19. The van der Waals surface area contributed by atoms with Crippen LogP contribution in [0.1, 0.15) is 79.1 Å². The number of nitrogens with one attached hydrogen (secondary N) is 3. The summed E-state index contributed by atoms with van der Waals surface area (Å²) < 4.78 is 11.4. The standard InChI is InChI=1S/C32H46N4O11/c1-19(2)14-22(6-10-26(38)25(16-33)36-28(40)11-13-30(43)44)31(45)34-20(3)27(39)15-23(7-12-29(41)42)32(46)35-24-8-4-21(5-9-24)17-47-18-37/h4-5,8-9,18-20,22-23,25H,6-7,10-17,33H2,1-3H3,(H,34,45)(H,35,46)(H,36,40)(H,41,42)(H,43,44)/t20-,22+,23+,25?/m0/s1/i18D. The molecule has 4 atom stereocenters. The number of carboxylic acid groups (broad SMARTS) is 2. The van der Waals surface area contributed by atoms with Gasteiger partial charge in [-0.15, -0.1) is 0 Å². The van der Waals surface area contributed by atoms with E-state index in [0.717, 1.165) is 0 Å². The third-order valence-electron chi connectivity index (χ3n) is 7.28. The summed E-state index contributed by atoms with van der Waals surface area (Å²) in [6.07, 6.45) is -2.42. The van der Waals surface area contributed by atoms with Crippen LogP contribution in [-0.4, -0.2) is 76.5 Å². The number of carbonyl (C=O) groups is 8. The van der Waals surface area contributed by atoms with Gasteiger partial charge in [0.15, 0.2) is 12.9 Å². The molecule has 0 aliphatic heterocycles. The molecule has 0 saturated carbocycles. The van der Waals surface area contributed by atoms with E-state index in [1.54, 1.807) is 12.1 Å². The second kappa shape index (κ2) is 21.2. The van der Waals surface area contributed by atoms with E-state index < -0.39 is 78.0 Å². The summed E-state index contributed by atoms with van der Waals surface area (Å²) in [6.45, 7) is 4.87. The first-order valence-corrected chi connectivity index (χ1v) is 15.3. The lowest BCUT2D eigenvalue weighted by Gasteiger charge is -2.23. The Balaban J connectivity index is 2.87. The number of nitrogens with two attached hydrogens (primary N) is 1. The van der Waals surface area contributed by atoms with Gasteiger partial charge < -0.3 is 36.6 Å². The highest BCUT2D eigenvalue weighted by Crippen LogP contribution is 2.21. The summed E-state index contributed by atoms with van der Waals surface area (Å²) in [7, 11) is 0. The molecule has 3 amide bonds. The third-order valence-corrected chi connectivity index (χ3v) is 7.28. The molecule has 0 saturated heterocycles. The molecule has 0 heterocycles. The normalized spacial score (nSPS) is 13.7. The summed E-state index contributed by atoms with van der Waals surface area (Å²) >= 11 is 0. The fourth-order valence-corrected chi connectivity index (χ4v) is 4.67. The largest absolute Gasteiger partial charge is 0.481 e. The van der Waals surface area contributed by atoms with Gasteiger partial charge in [0.25, 0.3) is 6.45 Å². The molecule has 260 valence electrons. The molecule has 1 aromatic carbocycles. The number of aliphatic carboxylic acids is 2. The van der Waals surface area contributed by atoms with Crippen LogP contribution in [0.2, 0.25) is 0 Å². The van der Waals surface area contributed by atoms with E-state index in [-0.39, 0.29) is 57.6 Å². The quantitative estimate of drug-likeness (QED) is 0.0913. The fourth-order valence-electron chi connectivity index (χ4n) is 4.67. The van der Waals surface area contributed by atoms with Crippen LogP contribution in [0.4, 0.5) is 5.69 Å². The Morgan fingerprint density at radius 3 is 2.02 bits per heavy atom. The Hall–Kier alpha value is -4.66. The molecule has 15 nitrogen and oxygen atoms in total. The van der Waals surface area contributed by atoms with Crippen LogP contribution in [0.3, 0.4) is 0 Å². The van der Waals surface area contributed by atoms with Crippen LogP contribution in [0, 0.1) is 17.8 Å². The average Bonchev–Trinajstić information content (AvgIpc) is 3.01. The first kappa shape index (κ1) is 38.5. The molecule has 0 fully saturated rings. The third kappa shape index (κ3) is 16.5. The molecule has 0 aliphatic rings. The van der Waals surface area contributed by atoms with Gasteiger partial charge in [-0.25, -0.2) is 0 Å². The molecule has 0 aromatic heterocycles. The lowest BCUT2D eigenvalue weighted by molar-refractivity contribution is -0.139. The highest BCUT2D eigenvalue weighted by Gasteiger charge is 2.29. The van der Waals surface area contributed by atoms with E-state index in [1.807, 2.05) is 13.8 Å². The molecular formula is C32H46N4O11. The summed E-state index contributed by atoms with van der Waals surface area (Å²) in [5, 5.41) is 25.6. The van der Waals surface area contributed by atoms with Gasteiger partial charge in [-0.1, -0.05) is 26.0 Å². The number of carbonyl (C=O) groups excluding carboxylic acids is 6. The van der Waals surface area contributed by atoms with Crippen molar-refractivity contribution in [1.29, 1.82) is 0 Å². The number of ether oxygens (including phenoxy) is 1. The zero-order valence-corrected chi connectivity index (χ0v) is 26.9. The second-order valence-corrected chi connectivity index (χ2v) is 11.7. The Bertz CT molecular complexity index is 1300. The van der Waals surface area contributed by atoms with Crippen LogP contribution >= 0.6 is 0 Å². The number of carboxylic acids is 2. The SMILES string of the molecule is [2H]C(=O)OCc1ccc(NC(=O)[C@H](CCC(=O)O)CC(=O)[C@H](C)NC(=O)[C@H](CCC(=O)C(CN)NC(=O)CCC(=O)O)CC(C)C)cc1. The Kier molecular flexibility index (Phi) is 17.4. The maximum atomic E-state index is 13.2. The highest BCUT2D eigenvalue weighted by molar-refractivity contribution is 5.97. The van der Waals surface area contributed by atoms with Crippen molar-refractivity contribution in [1.82, 2.24) is 10.6 Å². The molecular weight excluding hydrogens is 616 g/mol. The van der Waals surface area contributed by atoms with Gasteiger partial charge in [0.2, 0.25) is 17.7 Å². The average molecular weight is 664 g/mol. The maximum Gasteiger partial charge on any atom is 0.303 e. The molecule has 7 N–H and O–H groups in total. The first-order chi connectivity index (χ1) is 22.5. The number of benzene rings is 1. The van der Waals surface area contributed by atoms with Crippen molar-refractivity contribution >= 4 is 53.4 Å². The van der Waals surface area contributed by atoms with Crippen molar-refractivity contribution in [3.8, 4) is 0 Å². The predicted octanol–water partition coefficient (Wildman–Crippen LogP) is 1.56. The van der Waals surface area contributed by atoms with Gasteiger partial charge in [0.1, 0.15) is 6.61 Å². The van der Waals surface area contributed by atoms with Crippen LogP contribution in [-0.2, 0) is 49.7 Å². The lowest BCUT2D eigenvalue weighted by atomic mass is 9.89. The molecule has 0 radical (unpaired) electrons. The van der Waals surface area contributed by atoms with Crippen molar-refractivity contribution < 1.29 is 54.7 Å². The number of hydrogen-bond donors (Lipinski definition) is 6.